The van der Waals surface area contributed by atoms with Gasteiger partial charge in [-0.2, -0.15) is 0 Å². The number of hydrogen-bond donors (Lipinski definition) is 1. The molecule has 4 heteroatoms. The van der Waals surface area contributed by atoms with Crippen molar-refractivity contribution in [2.45, 2.75) is 33.6 Å². The number of ketones is 1. The Morgan fingerprint density at radius 3 is 2.35 bits per heavy atom. The fourth-order valence-electron chi connectivity index (χ4n) is 2.00. The summed E-state index contributed by atoms with van der Waals surface area (Å²) in [5.74, 6) is 1.65. The fraction of sp³-hybridized carbons (Fsp3) is 0.562. The molecule has 0 aliphatic carbocycles. The number of Topliss-reactive ketones (excluding diaryl/α,β-unsaturated/α-hetero) is 1. The Labute approximate surface area is 121 Å². The van der Waals surface area contributed by atoms with Gasteiger partial charge in [0, 0.05) is 12.0 Å². The predicted octanol–water partition coefficient (Wildman–Crippen LogP) is 3.04. The molecular weight excluding hydrogens is 254 g/mol. The van der Waals surface area contributed by atoms with Crippen LogP contribution in [-0.2, 0) is 0 Å². The molecule has 0 aliphatic heterocycles. The van der Waals surface area contributed by atoms with Crippen LogP contribution in [0.25, 0.3) is 0 Å². The van der Waals surface area contributed by atoms with E-state index >= 15 is 0 Å². The average Bonchev–Trinajstić information content (AvgIpc) is 2.46. The monoisotopic (exact) mass is 279 g/mol. The van der Waals surface area contributed by atoms with Crippen molar-refractivity contribution in [3.8, 4) is 11.5 Å². The minimum absolute atomic E-state index is 0.103. The molecule has 0 heterocycles. The van der Waals surface area contributed by atoms with Gasteiger partial charge in [0.25, 0.3) is 0 Å². The summed E-state index contributed by atoms with van der Waals surface area (Å²) in [6, 6.07) is 5.35. The maximum atomic E-state index is 12.2. The van der Waals surface area contributed by atoms with Gasteiger partial charge in [-0.25, -0.2) is 0 Å². The van der Waals surface area contributed by atoms with Gasteiger partial charge in [-0.1, -0.05) is 13.3 Å². The van der Waals surface area contributed by atoms with Gasteiger partial charge in [-0.05, 0) is 44.5 Å². The van der Waals surface area contributed by atoms with Crippen LogP contribution in [0.4, 0.5) is 0 Å². The predicted molar refractivity (Wildman–Crippen MR) is 80.6 cm³/mol. The molecule has 0 saturated heterocycles. The molecule has 0 aromatic heterocycles. The molecule has 112 valence electrons. The molecule has 4 nitrogen and oxygen atoms in total. The van der Waals surface area contributed by atoms with Crippen LogP contribution < -0.4 is 15.2 Å². The second kappa shape index (κ2) is 8.59. The second-order valence-corrected chi connectivity index (χ2v) is 4.66. The number of carbonyl (C=O) groups is 1. The van der Waals surface area contributed by atoms with E-state index in [4.69, 9.17) is 15.2 Å². The highest BCUT2D eigenvalue weighted by Crippen LogP contribution is 2.29. The van der Waals surface area contributed by atoms with E-state index in [1.54, 1.807) is 18.2 Å². The summed E-state index contributed by atoms with van der Waals surface area (Å²) in [7, 11) is 0. The molecule has 1 atom stereocenters. The molecule has 0 bridgehead atoms. The second-order valence-electron chi connectivity index (χ2n) is 4.66. The lowest BCUT2D eigenvalue weighted by Crippen LogP contribution is -2.17. The zero-order valence-corrected chi connectivity index (χ0v) is 12.6. The number of rotatable bonds is 9. The third-order valence-corrected chi connectivity index (χ3v) is 3.25. The normalized spacial score (nSPS) is 12.0. The van der Waals surface area contributed by atoms with Crippen molar-refractivity contribution in [2.24, 2.45) is 11.7 Å². The van der Waals surface area contributed by atoms with E-state index in [0.717, 1.165) is 6.42 Å². The molecule has 1 aromatic carbocycles. The molecule has 0 amide bonds. The Bertz CT molecular complexity index is 428. The molecule has 1 rings (SSSR count). The van der Waals surface area contributed by atoms with Gasteiger partial charge in [0.1, 0.15) is 0 Å². The van der Waals surface area contributed by atoms with Gasteiger partial charge in [-0.15, -0.1) is 0 Å². The summed E-state index contributed by atoms with van der Waals surface area (Å²) in [4.78, 5) is 12.2. The third-order valence-electron chi connectivity index (χ3n) is 3.25. The summed E-state index contributed by atoms with van der Waals surface area (Å²) in [5, 5.41) is 0. The minimum atomic E-state index is 0.103. The average molecular weight is 279 g/mol. The zero-order valence-electron chi connectivity index (χ0n) is 12.6. The molecular formula is C16H25NO3. The largest absolute Gasteiger partial charge is 0.490 e. The molecule has 0 spiro atoms. The van der Waals surface area contributed by atoms with Crippen LogP contribution in [0.2, 0.25) is 0 Å². The molecule has 0 radical (unpaired) electrons. The topological polar surface area (TPSA) is 61.5 Å². The summed E-state index contributed by atoms with van der Waals surface area (Å²) < 4.78 is 11.0. The number of nitrogens with two attached hydrogens (primary N) is 1. The fourth-order valence-corrected chi connectivity index (χ4v) is 2.00. The van der Waals surface area contributed by atoms with Crippen LogP contribution in [0.15, 0.2) is 18.2 Å². The van der Waals surface area contributed by atoms with E-state index in [2.05, 4.69) is 6.92 Å². The number of carbonyl (C=O) groups excluding carboxylic acids is 1. The van der Waals surface area contributed by atoms with Crippen molar-refractivity contribution in [3.05, 3.63) is 23.8 Å². The highest BCUT2D eigenvalue weighted by atomic mass is 16.5. The first-order valence-corrected chi connectivity index (χ1v) is 7.29. The SMILES string of the molecule is CCOc1ccc(C(=O)CC(CC)CN)cc1OCC. The van der Waals surface area contributed by atoms with Gasteiger partial charge in [0.15, 0.2) is 17.3 Å². The maximum Gasteiger partial charge on any atom is 0.163 e. The van der Waals surface area contributed by atoms with Gasteiger partial charge in [0.2, 0.25) is 0 Å². The van der Waals surface area contributed by atoms with E-state index in [-0.39, 0.29) is 11.7 Å². The molecule has 1 unspecified atom stereocenters. The first-order valence-electron chi connectivity index (χ1n) is 7.29. The molecule has 0 aliphatic rings. The van der Waals surface area contributed by atoms with Gasteiger partial charge >= 0.3 is 0 Å². The third kappa shape index (κ3) is 4.53. The van der Waals surface area contributed by atoms with Gasteiger partial charge in [0.05, 0.1) is 13.2 Å². The van der Waals surface area contributed by atoms with Crippen molar-refractivity contribution in [1.82, 2.24) is 0 Å². The van der Waals surface area contributed by atoms with Gasteiger partial charge in [-0.3, -0.25) is 4.79 Å². The molecule has 20 heavy (non-hydrogen) atoms. The van der Waals surface area contributed by atoms with E-state index in [0.29, 0.717) is 43.2 Å². The summed E-state index contributed by atoms with van der Waals surface area (Å²) in [6.07, 6.45) is 1.39. The number of hydrogen-bond acceptors (Lipinski definition) is 4. The minimum Gasteiger partial charge on any atom is -0.490 e. The van der Waals surface area contributed by atoms with E-state index in [1.807, 2.05) is 13.8 Å². The molecule has 0 fully saturated rings. The van der Waals surface area contributed by atoms with Crippen LogP contribution in [0, 0.1) is 5.92 Å². The quantitative estimate of drug-likeness (QED) is 0.706. The lowest BCUT2D eigenvalue weighted by atomic mass is 9.96. The zero-order chi connectivity index (χ0) is 15.0. The van der Waals surface area contributed by atoms with Crippen molar-refractivity contribution in [1.29, 1.82) is 0 Å². The summed E-state index contributed by atoms with van der Waals surface area (Å²) in [5.41, 5.74) is 6.31. The van der Waals surface area contributed by atoms with Crippen LogP contribution >= 0.6 is 0 Å². The first kappa shape index (κ1) is 16.5. The van der Waals surface area contributed by atoms with Crippen molar-refractivity contribution in [2.75, 3.05) is 19.8 Å². The van der Waals surface area contributed by atoms with Gasteiger partial charge < -0.3 is 15.2 Å². The van der Waals surface area contributed by atoms with Crippen LogP contribution in [0.3, 0.4) is 0 Å². The van der Waals surface area contributed by atoms with Crippen molar-refractivity contribution >= 4 is 5.78 Å². The lowest BCUT2D eigenvalue weighted by Gasteiger charge is -2.14. The molecule has 0 saturated carbocycles. The van der Waals surface area contributed by atoms with E-state index < -0.39 is 0 Å². The number of ether oxygens (including phenoxy) is 2. The van der Waals surface area contributed by atoms with E-state index in [1.165, 1.54) is 0 Å². The van der Waals surface area contributed by atoms with Crippen molar-refractivity contribution < 1.29 is 14.3 Å². The van der Waals surface area contributed by atoms with Crippen molar-refractivity contribution in [3.63, 3.8) is 0 Å². The standard InChI is InChI=1S/C16H25NO3/c1-4-12(11-17)9-14(18)13-7-8-15(19-5-2)16(10-13)20-6-3/h7-8,10,12H,4-6,9,11,17H2,1-3H3. The summed E-state index contributed by atoms with van der Waals surface area (Å²) in [6.45, 7) is 7.52. The number of benzene rings is 1. The first-order chi connectivity index (χ1) is 9.65. The Balaban J connectivity index is 2.89. The van der Waals surface area contributed by atoms with Crippen LogP contribution in [0.5, 0.6) is 11.5 Å². The Morgan fingerprint density at radius 1 is 1.15 bits per heavy atom. The van der Waals surface area contributed by atoms with Crippen LogP contribution in [-0.4, -0.2) is 25.5 Å². The Hall–Kier alpha value is -1.55. The smallest absolute Gasteiger partial charge is 0.163 e. The Morgan fingerprint density at radius 2 is 1.80 bits per heavy atom. The molecule has 2 N–H and O–H groups in total. The summed E-state index contributed by atoms with van der Waals surface area (Å²) >= 11 is 0. The lowest BCUT2D eigenvalue weighted by molar-refractivity contribution is 0.0961. The maximum absolute atomic E-state index is 12.2. The Kier molecular flexibility index (Phi) is 7.09. The highest BCUT2D eigenvalue weighted by molar-refractivity contribution is 5.96. The highest BCUT2D eigenvalue weighted by Gasteiger charge is 2.15. The molecule has 1 aromatic rings. The van der Waals surface area contributed by atoms with Crippen LogP contribution in [0.1, 0.15) is 44.0 Å². The van der Waals surface area contributed by atoms with E-state index in [9.17, 15) is 4.79 Å².